The molecule has 86 valence electrons. The molecule has 0 spiro atoms. The van der Waals surface area contributed by atoms with Crippen LogP contribution in [0, 0.1) is 0 Å². The molecule has 0 aliphatic rings. The lowest BCUT2D eigenvalue weighted by Gasteiger charge is -2.12. The Morgan fingerprint density at radius 1 is 1.47 bits per heavy atom. The fraction of sp³-hybridized carbons (Fsp3) is 0.455. The predicted molar refractivity (Wildman–Crippen MR) is 63.5 cm³/mol. The molecule has 4 heteroatoms. The lowest BCUT2D eigenvalue weighted by molar-refractivity contribution is 0.280. The minimum atomic E-state index is -0.0164. The van der Waals surface area contributed by atoms with Crippen LogP contribution in [0.1, 0.15) is 24.4 Å². The molecule has 0 fully saturated rings. The molecule has 0 aliphatic heterocycles. The molecular weight excluding hydrogens is 214 g/mol. The summed E-state index contributed by atoms with van der Waals surface area (Å²) in [5.74, 6) is 0.821. The molecule has 1 rings (SSSR count). The average Bonchev–Trinajstić information content (AvgIpc) is 2.26. The summed E-state index contributed by atoms with van der Waals surface area (Å²) in [5, 5.41) is 8.68. The predicted octanol–water partition coefficient (Wildman–Crippen LogP) is 1.89. The van der Waals surface area contributed by atoms with Gasteiger partial charge in [0.25, 0.3) is 0 Å². The van der Waals surface area contributed by atoms with E-state index in [4.69, 9.17) is 15.6 Å². The lowest BCUT2D eigenvalue weighted by atomic mass is 10.0. The van der Waals surface area contributed by atoms with Gasteiger partial charge in [-0.15, -0.1) is 12.4 Å². The fourth-order valence-corrected chi connectivity index (χ4v) is 1.35. The highest BCUT2D eigenvalue weighted by Crippen LogP contribution is 2.20. The van der Waals surface area contributed by atoms with E-state index in [1.165, 1.54) is 0 Å². The van der Waals surface area contributed by atoms with Crippen molar-refractivity contribution in [3.63, 3.8) is 0 Å². The molecule has 15 heavy (non-hydrogen) atoms. The van der Waals surface area contributed by atoms with Crippen molar-refractivity contribution in [3.05, 3.63) is 29.8 Å². The summed E-state index contributed by atoms with van der Waals surface area (Å²) < 4.78 is 5.10. The van der Waals surface area contributed by atoms with Crippen LogP contribution in [0.25, 0.3) is 0 Å². The van der Waals surface area contributed by atoms with Gasteiger partial charge in [0, 0.05) is 12.6 Å². The van der Waals surface area contributed by atoms with E-state index in [9.17, 15) is 0 Å². The van der Waals surface area contributed by atoms with E-state index in [1.54, 1.807) is 7.11 Å². The van der Waals surface area contributed by atoms with Crippen molar-refractivity contribution in [3.8, 4) is 5.75 Å². The van der Waals surface area contributed by atoms with Crippen LogP contribution in [-0.4, -0.2) is 18.8 Å². The molecule has 0 unspecified atom stereocenters. The normalized spacial score (nSPS) is 11.7. The van der Waals surface area contributed by atoms with Gasteiger partial charge in [-0.05, 0) is 30.5 Å². The standard InChI is InChI=1S/C11H17NO2.ClH/c1-14-10-5-2-4-9(8-10)11(12)6-3-7-13;/h2,4-5,8,11,13H,3,6-7,12H2,1H3;1H/t11-;/m1./s1. The third-order valence-electron chi connectivity index (χ3n) is 2.20. The third kappa shape index (κ3) is 4.51. The lowest BCUT2D eigenvalue weighted by Crippen LogP contribution is -2.10. The van der Waals surface area contributed by atoms with E-state index in [0.29, 0.717) is 0 Å². The van der Waals surface area contributed by atoms with E-state index in [-0.39, 0.29) is 25.1 Å². The summed E-state index contributed by atoms with van der Waals surface area (Å²) in [4.78, 5) is 0. The Kier molecular flexibility index (Phi) is 7.13. The quantitative estimate of drug-likeness (QED) is 0.814. The first-order chi connectivity index (χ1) is 6.77. The Labute approximate surface area is 96.7 Å². The number of halogens is 1. The number of hydrogen-bond donors (Lipinski definition) is 2. The van der Waals surface area contributed by atoms with Gasteiger partial charge in [0.15, 0.2) is 0 Å². The van der Waals surface area contributed by atoms with Crippen LogP contribution in [-0.2, 0) is 0 Å². The topological polar surface area (TPSA) is 55.5 Å². The van der Waals surface area contributed by atoms with E-state index < -0.39 is 0 Å². The summed E-state index contributed by atoms with van der Waals surface area (Å²) >= 11 is 0. The monoisotopic (exact) mass is 231 g/mol. The number of ether oxygens (including phenoxy) is 1. The molecule has 3 nitrogen and oxygen atoms in total. The molecule has 0 heterocycles. The number of aliphatic hydroxyl groups is 1. The zero-order valence-corrected chi connectivity index (χ0v) is 9.67. The summed E-state index contributed by atoms with van der Waals surface area (Å²) in [7, 11) is 1.64. The van der Waals surface area contributed by atoms with E-state index in [2.05, 4.69) is 0 Å². The van der Waals surface area contributed by atoms with Crippen molar-refractivity contribution in [2.75, 3.05) is 13.7 Å². The van der Waals surface area contributed by atoms with Crippen LogP contribution >= 0.6 is 12.4 Å². The maximum absolute atomic E-state index is 8.68. The number of benzene rings is 1. The molecule has 1 aromatic carbocycles. The Balaban J connectivity index is 0.00000196. The number of aliphatic hydroxyl groups excluding tert-OH is 1. The van der Waals surface area contributed by atoms with Gasteiger partial charge in [-0.1, -0.05) is 12.1 Å². The highest BCUT2D eigenvalue weighted by molar-refractivity contribution is 5.85. The minimum absolute atomic E-state index is 0. The van der Waals surface area contributed by atoms with Gasteiger partial charge in [-0.2, -0.15) is 0 Å². The number of methoxy groups -OCH3 is 1. The Hall–Kier alpha value is -0.770. The summed E-state index contributed by atoms with van der Waals surface area (Å²) in [6, 6.07) is 7.71. The number of nitrogens with two attached hydrogens (primary N) is 1. The van der Waals surface area contributed by atoms with Crippen LogP contribution in [0.2, 0.25) is 0 Å². The maximum Gasteiger partial charge on any atom is 0.119 e. The maximum atomic E-state index is 8.68. The van der Waals surface area contributed by atoms with Crippen molar-refractivity contribution >= 4 is 12.4 Å². The van der Waals surface area contributed by atoms with Gasteiger partial charge < -0.3 is 15.6 Å². The largest absolute Gasteiger partial charge is 0.497 e. The van der Waals surface area contributed by atoms with Crippen LogP contribution in [0.4, 0.5) is 0 Å². The molecule has 0 bridgehead atoms. The first-order valence-corrected chi connectivity index (χ1v) is 4.78. The number of hydrogen-bond acceptors (Lipinski definition) is 3. The second-order valence-electron chi connectivity index (χ2n) is 3.25. The van der Waals surface area contributed by atoms with Crippen molar-refractivity contribution < 1.29 is 9.84 Å². The highest BCUT2D eigenvalue weighted by Gasteiger charge is 2.05. The fourth-order valence-electron chi connectivity index (χ4n) is 1.35. The highest BCUT2D eigenvalue weighted by atomic mass is 35.5. The zero-order valence-electron chi connectivity index (χ0n) is 8.85. The minimum Gasteiger partial charge on any atom is -0.497 e. The van der Waals surface area contributed by atoms with Crippen molar-refractivity contribution in [1.82, 2.24) is 0 Å². The summed E-state index contributed by atoms with van der Waals surface area (Å²) in [6.45, 7) is 0.192. The SMILES string of the molecule is COc1cccc([C@H](N)CCCO)c1.Cl. The average molecular weight is 232 g/mol. The Morgan fingerprint density at radius 2 is 2.20 bits per heavy atom. The molecule has 0 radical (unpaired) electrons. The molecule has 3 N–H and O–H groups in total. The van der Waals surface area contributed by atoms with Gasteiger partial charge in [-0.25, -0.2) is 0 Å². The van der Waals surface area contributed by atoms with Gasteiger partial charge in [0.1, 0.15) is 5.75 Å². The van der Waals surface area contributed by atoms with E-state index >= 15 is 0 Å². The van der Waals surface area contributed by atoms with E-state index in [1.807, 2.05) is 24.3 Å². The van der Waals surface area contributed by atoms with Crippen molar-refractivity contribution in [2.24, 2.45) is 5.73 Å². The van der Waals surface area contributed by atoms with Crippen LogP contribution < -0.4 is 10.5 Å². The Bertz CT molecular complexity index is 281. The molecule has 0 aliphatic carbocycles. The molecule has 0 saturated carbocycles. The Morgan fingerprint density at radius 3 is 2.80 bits per heavy atom. The summed E-state index contributed by atoms with van der Waals surface area (Å²) in [5.41, 5.74) is 6.99. The molecule has 0 saturated heterocycles. The first kappa shape index (κ1) is 14.2. The summed E-state index contributed by atoms with van der Waals surface area (Å²) in [6.07, 6.45) is 1.53. The molecule has 0 amide bonds. The van der Waals surface area contributed by atoms with Crippen molar-refractivity contribution in [2.45, 2.75) is 18.9 Å². The first-order valence-electron chi connectivity index (χ1n) is 4.78. The molecular formula is C11H18ClNO2. The van der Waals surface area contributed by atoms with Crippen LogP contribution in [0.3, 0.4) is 0 Å². The second kappa shape index (κ2) is 7.51. The number of rotatable bonds is 5. The van der Waals surface area contributed by atoms with E-state index in [0.717, 1.165) is 24.2 Å². The third-order valence-corrected chi connectivity index (χ3v) is 2.20. The zero-order chi connectivity index (χ0) is 10.4. The smallest absolute Gasteiger partial charge is 0.119 e. The van der Waals surface area contributed by atoms with Gasteiger partial charge in [0.2, 0.25) is 0 Å². The van der Waals surface area contributed by atoms with Gasteiger partial charge in [0.05, 0.1) is 7.11 Å². The van der Waals surface area contributed by atoms with Gasteiger partial charge >= 0.3 is 0 Å². The molecule has 1 aromatic rings. The molecule has 1 atom stereocenters. The van der Waals surface area contributed by atoms with Gasteiger partial charge in [-0.3, -0.25) is 0 Å². The second-order valence-corrected chi connectivity index (χ2v) is 3.25. The van der Waals surface area contributed by atoms with Crippen LogP contribution in [0.5, 0.6) is 5.75 Å². The van der Waals surface area contributed by atoms with Crippen LogP contribution in [0.15, 0.2) is 24.3 Å². The van der Waals surface area contributed by atoms with Crippen molar-refractivity contribution in [1.29, 1.82) is 0 Å². The molecule has 0 aromatic heterocycles.